The first-order valence-corrected chi connectivity index (χ1v) is 17.3. The molecule has 0 radical (unpaired) electrons. The second-order valence-electron chi connectivity index (χ2n) is 14.3. The Labute approximate surface area is 264 Å². The number of unbranched alkanes of at least 4 members (excludes halogenated alkanes) is 4. The molecule has 2 aromatic carbocycles. The number of hydrogen-bond donors (Lipinski definition) is 0. The number of nitrogens with zero attached hydrogens (tertiary/aromatic N) is 2. The van der Waals surface area contributed by atoms with Gasteiger partial charge in [-0.05, 0) is 87.4 Å². The zero-order chi connectivity index (χ0) is 30.8. The molecule has 1 saturated heterocycles. The second-order valence-corrected chi connectivity index (χ2v) is 14.3. The van der Waals surface area contributed by atoms with Gasteiger partial charge in [0.05, 0.1) is 19.7 Å². The van der Waals surface area contributed by atoms with Crippen molar-refractivity contribution in [3.05, 3.63) is 59.2 Å². The van der Waals surface area contributed by atoms with Gasteiger partial charge in [-0.3, -0.25) is 14.5 Å². The van der Waals surface area contributed by atoms with Gasteiger partial charge in [0.2, 0.25) is 5.91 Å². The predicted molar refractivity (Wildman–Crippen MR) is 174 cm³/mol. The maximum absolute atomic E-state index is 14.0. The molecule has 6 rings (SSSR count). The van der Waals surface area contributed by atoms with Crippen molar-refractivity contribution in [2.75, 3.05) is 26.7 Å². The minimum absolute atomic E-state index is 0.0510. The van der Waals surface area contributed by atoms with Crippen LogP contribution in [0.15, 0.2) is 42.5 Å². The Morgan fingerprint density at radius 3 is 2.57 bits per heavy atom. The summed E-state index contributed by atoms with van der Waals surface area (Å²) in [5.41, 5.74) is 3.97. The zero-order valence-corrected chi connectivity index (χ0v) is 27.4. The lowest BCUT2D eigenvalue weighted by atomic mass is 9.51. The van der Waals surface area contributed by atoms with E-state index in [1.54, 1.807) is 14.0 Å². The van der Waals surface area contributed by atoms with Crippen LogP contribution >= 0.6 is 0 Å². The van der Waals surface area contributed by atoms with E-state index in [1.807, 2.05) is 0 Å². The van der Waals surface area contributed by atoms with E-state index in [1.165, 1.54) is 36.0 Å². The molecule has 1 saturated carbocycles. The first kappa shape index (κ1) is 31.1. The van der Waals surface area contributed by atoms with Crippen LogP contribution < -0.4 is 9.47 Å². The topological polar surface area (TPSA) is 59.1 Å². The van der Waals surface area contributed by atoms with Crippen molar-refractivity contribution in [2.24, 2.45) is 11.8 Å². The van der Waals surface area contributed by atoms with E-state index >= 15 is 0 Å². The molecule has 2 aliphatic carbocycles. The van der Waals surface area contributed by atoms with Gasteiger partial charge in [0, 0.05) is 30.0 Å². The standard InChI is InChI=1S/C38H52N2O4/c1-26(2)24-40(34(42)16-12-7-5-6-9-13-28-14-10-8-11-15-28)31-19-18-30-32-23-29-17-20-33(43-4)36-35(29)38(30,37(31)44-36)21-22-39(32)25-27(3)41/h8,10-11,14-15,17,20,26,30-32,37H,5-7,9,12-13,16,18-19,21-25H2,1-4H3/t30-,31-,32+,37-,38-/m0/s1. The summed E-state index contributed by atoms with van der Waals surface area (Å²) in [4.78, 5) is 31.0. The summed E-state index contributed by atoms with van der Waals surface area (Å²) in [7, 11) is 1.73. The lowest BCUT2D eigenvalue weighted by Gasteiger charge is -2.60. The van der Waals surface area contributed by atoms with Crippen molar-refractivity contribution in [3.63, 3.8) is 0 Å². The summed E-state index contributed by atoms with van der Waals surface area (Å²) < 4.78 is 12.9. The molecule has 2 aromatic rings. The van der Waals surface area contributed by atoms with Crippen LogP contribution in [-0.2, 0) is 27.8 Å². The molecule has 1 amide bonds. The lowest BCUT2D eigenvalue weighted by Crippen LogP contribution is -2.69. The molecule has 0 N–H and O–H groups in total. The molecule has 44 heavy (non-hydrogen) atoms. The minimum Gasteiger partial charge on any atom is -0.493 e. The summed E-state index contributed by atoms with van der Waals surface area (Å²) in [5, 5.41) is 0. The highest BCUT2D eigenvalue weighted by atomic mass is 16.5. The molecule has 238 valence electrons. The van der Waals surface area contributed by atoms with Gasteiger partial charge in [0.15, 0.2) is 11.5 Å². The van der Waals surface area contributed by atoms with E-state index in [4.69, 9.17) is 9.47 Å². The molecule has 0 aromatic heterocycles. The van der Waals surface area contributed by atoms with Gasteiger partial charge in [-0.2, -0.15) is 0 Å². The molecule has 5 atom stereocenters. The first-order chi connectivity index (χ1) is 21.3. The predicted octanol–water partition coefficient (Wildman–Crippen LogP) is 6.76. The molecule has 2 bridgehead atoms. The largest absolute Gasteiger partial charge is 0.493 e. The summed E-state index contributed by atoms with van der Waals surface area (Å²) in [6.45, 7) is 8.34. The van der Waals surface area contributed by atoms with Gasteiger partial charge in [0.1, 0.15) is 11.9 Å². The maximum atomic E-state index is 14.0. The number of rotatable bonds is 14. The molecule has 2 heterocycles. The summed E-state index contributed by atoms with van der Waals surface area (Å²) in [6.07, 6.45) is 11.2. The van der Waals surface area contributed by atoms with Crippen molar-refractivity contribution in [2.45, 2.75) is 115 Å². The number of likely N-dealkylation sites (tertiary alicyclic amines) is 1. The summed E-state index contributed by atoms with van der Waals surface area (Å²) in [6, 6.07) is 15.4. The maximum Gasteiger partial charge on any atom is 0.222 e. The Kier molecular flexibility index (Phi) is 9.37. The van der Waals surface area contributed by atoms with Crippen LogP contribution in [0.4, 0.5) is 0 Å². The smallest absolute Gasteiger partial charge is 0.222 e. The molecule has 2 fully saturated rings. The fourth-order valence-electron chi connectivity index (χ4n) is 9.29. The average Bonchev–Trinajstić information content (AvgIpc) is 3.36. The van der Waals surface area contributed by atoms with Crippen LogP contribution in [-0.4, -0.2) is 66.4 Å². The van der Waals surface area contributed by atoms with Gasteiger partial charge in [-0.15, -0.1) is 0 Å². The Bertz CT molecular complexity index is 1330. The molecule has 2 aliphatic heterocycles. The zero-order valence-electron chi connectivity index (χ0n) is 27.4. The number of ether oxygens (including phenoxy) is 2. The number of benzene rings is 2. The van der Waals surface area contributed by atoms with E-state index in [0.29, 0.717) is 30.8 Å². The number of amides is 1. The molecule has 6 heteroatoms. The number of Topliss-reactive ketones (excluding diaryl/α,β-unsaturated/α-hetero) is 1. The highest BCUT2D eigenvalue weighted by Gasteiger charge is 2.66. The second kappa shape index (κ2) is 13.2. The Morgan fingerprint density at radius 1 is 1.05 bits per heavy atom. The quantitative estimate of drug-likeness (QED) is 0.224. The Balaban J connectivity index is 1.17. The summed E-state index contributed by atoms with van der Waals surface area (Å²) in [5.74, 6) is 3.06. The lowest BCUT2D eigenvalue weighted by molar-refractivity contribution is -0.144. The fourth-order valence-corrected chi connectivity index (χ4v) is 9.29. The number of piperidine rings is 1. The van der Waals surface area contributed by atoms with Crippen LogP contribution in [0.2, 0.25) is 0 Å². The molecule has 4 aliphatic rings. The molecular weight excluding hydrogens is 548 g/mol. The van der Waals surface area contributed by atoms with Crippen molar-refractivity contribution in [1.29, 1.82) is 0 Å². The third-order valence-electron chi connectivity index (χ3n) is 11.0. The van der Waals surface area contributed by atoms with Crippen LogP contribution in [0.3, 0.4) is 0 Å². The van der Waals surface area contributed by atoms with Gasteiger partial charge < -0.3 is 14.4 Å². The van der Waals surface area contributed by atoms with Crippen LogP contribution in [0.25, 0.3) is 0 Å². The monoisotopic (exact) mass is 600 g/mol. The number of aryl methyl sites for hydroxylation is 1. The van der Waals surface area contributed by atoms with E-state index < -0.39 is 0 Å². The Morgan fingerprint density at radius 2 is 1.82 bits per heavy atom. The fraction of sp³-hybridized carbons (Fsp3) is 0.632. The number of carbonyl (C=O) groups is 2. The normalized spacial score (nSPS) is 26.7. The third-order valence-corrected chi connectivity index (χ3v) is 11.0. The number of hydrogen-bond acceptors (Lipinski definition) is 5. The summed E-state index contributed by atoms with van der Waals surface area (Å²) >= 11 is 0. The van der Waals surface area contributed by atoms with Crippen molar-refractivity contribution < 1.29 is 19.1 Å². The van der Waals surface area contributed by atoms with Crippen molar-refractivity contribution in [1.82, 2.24) is 9.80 Å². The number of ketones is 1. The SMILES string of the molecule is COc1ccc2c3c1O[C@H]1[C@@H](N(CC(C)C)C(=O)CCCCCCCc4ccccc4)CC[C@H]4[C@@H](C2)N(CC(C)=O)CC[C@@]341. The van der Waals surface area contributed by atoms with E-state index in [-0.39, 0.29) is 29.3 Å². The molecular formula is C38H52N2O4. The van der Waals surface area contributed by atoms with Crippen molar-refractivity contribution >= 4 is 11.7 Å². The van der Waals surface area contributed by atoms with E-state index in [0.717, 1.165) is 69.5 Å². The Hall–Kier alpha value is -2.86. The van der Waals surface area contributed by atoms with E-state index in [9.17, 15) is 9.59 Å². The highest BCUT2D eigenvalue weighted by molar-refractivity contribution is 5.78. The highest BCUT2D eigenvalue weighted by Crippen LogP contribution is 2.64. The van der Waals surface area contributed by atoms with Gasteiger partial charge in [-0.25, -0.2) is 0 Å². The number of methoxy groups -OCH3 is 1. The van der Waals surface area contributed by atoms with Crippen LogP contribution in [0, 0.1) is 11.8 Å². The van der Waals surface area contributed by atoms with Gasteiger partial charge in [0.25, 0.3) is 0 Å². The van der Waals surface area contributed by atoms with Crippen molar-refractivity contribution in [3.8, 4) is 11.5 Å². The molecule has 0 unspecified atom stereocenters. The first-order valence-electron chi connectivity index (χ1n) is 17.3. The van der Waals surface area contributed by atoms with Crippen LogP contribution in [0.1, 0.15) is 95.2 Å². The van der Waals surface area contributed by atoms with E-state index in [2.05, 4.69) is 66.1 Å². The van der Waals surface area contributed by atoms with Gasteiger partial charge in [-0.1, -0.05) is 69.5 Å². The van der Waals surface area contributed by atoms with Crippen LogP contribution in [0.5, 0.6) is 11.5 Å². The third kappa shape index (κ3) is 5.79. The number of carbonyl (C=O) groups excluding carboxylic acids is 2. The average molecular weight is 601 g/mol. The van der Waals surface area contributed by atoms with Gasteiger partial charge >= 0.3 is 0 Å². The molecule has 1 spiro atoms. The molecule has 6 nitrogen and oxygen atoms in total. The minimum atomic E-state index is -0.132.